The Bertz CT molecular complexity index is 1260. The molecule has 7 rings (SSSR count). The number of carboxylic acids is 2. The molecule has 1 saturated heterocycles. The third-order valence-corrected chi connectivity index (χ3v) is 7.10. The molecule has 33 heavy (non-hydrogen) atoms. The highest BCUT2D eigenvalue weighted by atomic mass is 16.4. The molecule has 2 bridgehead atoms. The Labute approximate surface area is 187 Å². The Morgan fingerprint density at radius 1 is 0.636 bits per heavy atom. The molecule has 0 radical (unpaired) electrons. The first-order chi connectivity index (χ1) is 15.9. The van der Waals surface area contributed by atoms with E-state index in [0.717, 1.165) is 45.4 Å². The lowest BCUT2D eigenvalue weighted by Gasteiger charge is -2.45. The normalized spacial score (nSPS) is 24.3. The van der Waals surface area contributed by atoms with Crippen LogP contribution in [0.25, 0.3) is 0 Å². The number of carbonyl (C=O) groups excluding carboxylic acids is 4. The van der Waals surface area contributed by atoms with Crippen molar-refractivity contribution < 1.29 is 29.4 Å². The summed E-state index contributed by atoms with van der Waals surface area (Å²) >= 11 is 0. The van der Waals surface area contributed by atoms with E-state index in [0.29, 0.717) is 0 Å². The molecule has 0 spiro atoms. The Balaban J connectivity index is 1.54. The lowest BCUT2D eigenvalue weighted by atomic mass is 9.55. The van der Waals surface area contributed by atoms with Crippen molar-refractivity contribution in [1.29, 1.82) is 0 Å². The lowest BCUT2D eigenvalue weighted by Crippen LogP contribution is -2.41. The van der Waals surface area contributed by atoms with Gasteiger partial charge < -0.3 is 19.8 Å². The molecule has 3 aliphatic carbocycles. The van der Waals surface area contributed by atoms with Crippen LogP contribution < -0.4 is 15.1 Å². The summed E-state index contributed by atoms with van der Waals surface area (Å²) in [5.74, 6) is -6.13. The van der Waals surface area contributed by atoms with Gasteiger partial charge in [0, 0.05) is 11.8 Å². The predicted molar refractivity (Wildman–Crippen MR) is 111 cm³/mol. The van der Waals surface area contributed by atoms with Crippen molar-refractivity contribution in [2.75, 3.05) is 4.90 Å². The first kappa shape index (κ1) is 19.4. The second kappa shape index (κ2) is 6.62. The number of amides is 2. The maximum atomic E-state index is 13.7. The number of rotatable bonds is 3. The highest BCUT2D eigenvalue weighted by molar-refractivity contribution is 6.24. The van der Waals surface area contributed by atoms with Gasteiger partial charge in [-0.05, 0) is 51.6 Å². The molecule has 162 valence electrons. The van der Waals surface area contributed by atoms with Crippen LogP contribution in [0, 0.1) is 11.8 Å². The molecule has 7 nitrogen and oxygen atoms in total. The van der Waals surface area contributed by atoms with E-state index in [9.17, 15) is 29.4 Å². The van der Waals surface area contributed by atoms with Gasteiger partial charge in [-0.1, -0.05) is 48.5 Å². The number of carbonyl (C=O) groups is 4. The Morgan fingerprint density at radius 2 is 1.00 bits per heavy atom. The molecule has 1 heterocycles. The van der Waals surface area contributed by atoms with Gasteiger partial charge in [0.2, 0.25) is 11.8 Å². The molecule has 0 aromatic heterocycles. The number of imide groups is 1. The zero-order valence-electron chi connectivity index (χ0n) is 17.1. The molecule has 0 saturated carbocycles. The number of carboxylic acid groups (broad SMARTS) is 2. The largest absolute Gasteiger partial charge is 0.545 e. The minimum atomic E-state index is -1.62. The van der Waals surface area contributed by atoms with Crippen molar-refractivity contribution in [3.63, 3.8) is 0 Å². The zero-order chi connectivity index (χ0) is 23.0. The van der Waals surface area contributed by atoms with Crippen LogP contribution in [0.5, 0.6) is 0 Å². The third-order valence-electron chi connectivity index (χ3n) is 7.10. The number of anilines is 1. The van der Waals surface area contributed by atoms with E-state index in [1.165, 1.54) is 0 Å². The van der Waals surface area contributed by atoms with E-state index in [2.05, 4.69) is 0 Å². The number of benzene rings is 3. The van der Waals surface area contributed by atoms with Crippen LogP contribution in [0.2, 0.25) is 0 Å². The van der Waals surface area contributed by atoms with E-state index in [1.807, 2.05) is 48.5 Å². The van der Waals surface area contributed by atoms with Gasteiger partial charge in [-0.3, -0.25) is 9.59 Å². The first-order valence-corrected chi connectivity index (χ1v) is 10.5. The molecule has 7 heteroatoms. The van der Waals surface area contributed by atoms with Crippen LogP contribution in [-0.2, 0) is 9.59 Å². The number of aromatic carboxylic acids is 2. The second-order valence-electron chi connectivity index (χ2n) is 8.62. The van der Waals surface area contributed by atoms with Gasteiger partial charge in [-0.2, -0.15) is 0 Å². The second-order valence-corrected chi connectivity index (χ2v) is 8.62. The number of hydrogen-bond donors (Lipinski definition) is 0. The molecular weight excluding hydrogens is 422 g/mol. The van der Waals surface area contributed by atoms with Crippen LogP contribution in [0.1, 0.15) is 54.8 Å². The van der Waals surface area contributed by atoms with Gasteiger partial charge in [-0.15, -0.1) is 0 Å². The highest BCUT2D eigenvalue weighted by Crippen LogP contribution is 2.61. The molecule has 3 aromatic carbocycles. The molecule has 4 aliphatic rings. The van der Waals surface area contributed by atoms with Crippen molar-refractivity contribution in [3.8, 4) is 0 Å². The lowest BCUT2D eigenvalue weighted by molar-refractivity contribution is -0.255. The average Bonchev–Trinajstić information content (AvgIpc) is 3.09. The summed E-state index contributed by atoms with van der Waals surface area (Å²) in [6.45, 7) is 0. The van der Waals surface area contributed by atoms with Crippen molar-refractivity contribution in [2.45, 2.75) is 11.8 Å². The van der Waals surface area contributed by atoms with Gasteiger partial charge in [-0.25, -0.2) is 4.90 Å². The molecule has 2 atom stereocenters. The topological polar surface area (TPSA) is 118 Å². The van der Waals surface area contributed by atoms with Gasteiger partial charge in [0.1, 0.15) is 0 Å². The van der Waals surface area contributed by atoms with Crippen molar-refractivity contribution in [1.82, 2.24) is 0 Å². The maximum Gasteiger partial charge on any atom is 0.238 e. The fourth-order valence-electron chi connectivity index (χ4n) is 5.91. The van der Waals surface area contributed by atoms with E-state index in [4.69, 9.17) is 0 Å². The summed E-state index contributed by atoms with van der Waals surface area (Å²) in [4.78, 5) is 51.3. The Kier molecular flexibility index (Phi) is 3.90. The van der Waals surface area contributed by atoms with Gasteiger partial charge in [0.05, 0.1) is 29.5 Å². The van der Waals surface area contributed by atoms with E-state index in [-0.39, 0.29) is 17.5 Å². The predicted octanol–water partition coefficient (Wildman–Crippen LogP) is 0.810. The van der Waals surface area contributed by atoms with Crippen LogP contribution in [0.4, 0.5) is 5.69 Å². The summed E-state index contributed by atoms with van der Waals surface area (Å²) in [6, 6.07) is 18.6. The molecule has 0 unspecified atom stereocenters. The molecule has 3 aromatic rings. The van der Waals surface area contributed by atoms with Crippen LogP contribution in [0.15, 0.2) is 66.7 Å². The maximum absolute atomic E-state index is 13.7. The van der Waals surface area contributed by atoms with Gasteiger partial charge >= 0.3 is 0 Å². The monoisotopic (exact) mass is 437 g/mol. The third kappa shape index (κ3) is 2.50. The number of hydrogen-bond acceptors (Lipinski definition) is 6. The molecule has 2 amide bonds. The Morgan fingerprint density at radius 3 is 1.33 bits per heavy atom. The van der Waals surface area contributed by atoms with E-state index < -0.39 is 46.7 Å². The standard InChI is InChI=1S/C26H17NO6/c28-23-21-19-15-5-1-2-6-16(15)20(18-8-4-3-7-17(18)19)22(21)24(29)27(23)14-10-12(25(30)31)9-13(11-14)26(32)33/h1-11,19-22H,(H,30,31)(H,32,33)/p-2/t19?,20?,21-,22-/m1/s1. The van der Waals surface area contributed by atoms with Gasteiger partial charge in [0.15, 0.2) is 0 Å². The minimum absolute atomic E-state index is 0.104. The summed E-state index contributed by atoms with van der Waals surface area (Å²) < 4.78 is 0. The fraction of sp³-hybridized carbons (Fsp3) is 0.154. The summed E-state index contributed by atoms with van der Waals surface area (Å²) in [5, 5.41) is 22.9. The van der Waals surface area contributed by atoms with Crippen molar-refractivity contribution >= 4 is 29.4 Å². The average molecular weight is 437 g/mol. The SMILES string of the molecule is O=C([O-])c1cc(C(=O)[O-])cc(N2C(=O)[C@@H]3C4c5ccccc5C(c5ccccc54)[C@H]3C2=O)c1. The van der Waals surface area contributed by atoms with E-state index >= 15 is 0 Å². The minimum Gasteiger partial charge on any atom is -0.545 e. The highest BCUT2D eigenvalue weighted by Gasteiger charge is 2.61. The summed E-state index contributed by atoms with van der Waals surface area (Å²) in [7, 11) is 0. The van der Waals surface area contributed by atoms with Gasteiger partial charge in [0.25, 0.3) is 0 Å². The van der Waals surface area contributed by atoms with Crippen molar-refractivity contribution in [2.24, 2.45) is 11.8 Å². The summed E-state index contributed by atoms with van der Waals surface area (Å²) in [6.07, 6.45) is 0. The van der Waals surface area contributed by atoms with E-state index in [1.54, 1.807) is 0 Å². The Hall–Kier alpha value is -4.26. The molecular formula is C26H15NO6-2. The van der Waals surface area contributed by atoms with Crippen LogP contribution >= 0.6 is 0 Å². The molecule has 1 fully saturated rings. The zero-order valence-corrected chi connectivity index (χ0v) is 17.1. The quantitative estimate of drug-likeness (QED) is 0.560. The first-order valence-electron chi connectivity index (χ1n) is 10.5. The van der Waals surface area contributed by atoms with Crippen LogP contribution in [-0.4, -0.2) is 23.8 Å². The fourth-order valence-corrected chi connectivity index (χ4v) is 5.91. The van der Waals surface area contributed by atoms with Crippen LogP contribution in [0.3, 0.4) is 0 Å². The van der Waals surface area contributed by atoms with Crippen molar-refractivity contribution in [3.05, 3.63) is 100 Å². The smallest absolute Gasteiger partial charge is 0.238 e. The molecule has 1 aliphatic heterocycles. The number of nitrogens with zero attached hydrogens (tertiary/aromatic N) is 1. The molecule has 0 N–H and O–H groups in total. The summed E-state index contributed by atoms with van der Waals surface area (Å²) in [5.41, 5.74) is 3.02.